The van der Waals surface area contributed by atoms with Gasteiger partial charge in [-0.05, 0) is 24.3 Å². The number of hydrogen-bond donors (Lipinski definition) is 0. The fourth-order valence-electron chi connectivity index (χ4n) is 3.42. The van der Waals surface area contributed by atoms with Crippen molar-refractivity contribution in [3.63, 3.8) is 0 Å². The van der Waals surface area contributed by atoms with Gasteiger partial charge in [0.2, 0.25) is 5.88 Å². The lowest BCUT2D eigenvalue weighted by Crippen LogP contribution is -2.29. The Morgan fingerprint density at radius 1 is 1.07 bits per heavy atom. The SMILES string of the molecule is COC(=O)c1ccc(OC2CO[C@H]3CN(c4cc(OC)ncn4)C[C@@H]3OC2)cc1. The van der Waals surface area contributed by atoms with Crippen molar-refractivity contribution in [1.82, 2.24) is 9.97 Å². The summed E-state index contributed by atoms with van der Waals surface area (Å²) < 4.78 is 27.9. The van der Waals surface area contributed by atoms with Crippen molar-refractivity contribution in [1.29, 1.82) is 0 Å². The monoisotopic (exact) mass is 401 g/mol. The fourth-order valence-corrected chi connectivity index (χ4v) is 3.42. The molecule has 9 nitrogen and oxygen atoms in total. The molecule has 2 fully saturated rings. The summed E-state index contributed by atoms with van der Waals surface area (Å²) in [5, 5.41) is 0. The standard InChI is InChI=1S/C20H23N3O6/c1-25-19-7-18(21-12-22-19)23-8-16-17(9-23)28-11-15(10-27-16)29-14-5-3-13(4-6-14)20(24)26-2/h3-7,12,15-17H,8-11H2,1-2H3/t16-,17-/m0/s1. The Morgan fingerprint density at radius 3 is 2.38 bits per heavy atom. The number of carbonyl (C=O) groups excluding carboxylic acids is 1. The van der Waals surface area contributed by atoms with Gasteiger partial charge in [0.1, 0.15) is 36.2 Å². The maximum absolute atomic E-state index is 11.5. The Hall–Kier alpha value is -2.91. The zero-order valence-corrected chi connectivity index (χ0v) is 16.3. The molecule has 1 aromatic heterocycles. The molecule has 0 amide bonds. The smallest absolute Gasteiger partial charge is 0.337 e. The molecule has 0 bridgehead atoms. The molecule has 0 N–H and O–H groups in total. The van der Waals surface area contributed by atoms with Gasteiger partial charge < -0.3 is 28.6 Å². The molecule has 2 atom stereocenters. The Balaban J connectivity index is 1.33. The van der Waals surface area contributed by atoms with Gasteiger partial charge in [0.25, 0.3) is 0 Å². The van der Waals surface area contributed by atoms with Crippen molar-refractivity contribution in [2.45, 2.75) is 18.3 Å². The number of esters is 1. The molecule has 0 saturated carbocycles. The zero-order chi connectivity index (χ0) is 20.2. The van der Waals surface area contributed by atoms with Gasteiger partial charge in [-0.25, -0.2) is 14.8 Å². The van der Waals surface area contributed by atoms with Crippen LogP contribution in [0.25, 0.3) is 0 Å². The molecule has 0 radical (unpaired) electrons. The van der Waals surface area contributed by atoms with Crippen LogP contribution in [0.15, 0.2) is 36.7 Å². The van der Waals surface area contributed by atoms with E-state index in [4.69, 9.17) is 23.7 Å². The lowest BCUT2D eigenvalue weighted by atomic mass is 10.2. The van der Waals surface area contributed by atoms with E-state index in [2.05, 4.69) is 14.9 Å². The van der Waals surface area contributed by atoms with Crippen LogP contribution < -0.4 is 14.4 Å². The van der Waals surface area contributed by atoms with Gasteiger partial charge in [0.15, 0.2) is 0 Å². The molecule has 1 aromatic carbocycles. The molecule has 2 aliphatic heterocycles. The highest BCUT2D eigenvalue weighted by Gasteiger charge is 2.38. The molecule has 0 unspecified atom stereocenters. The van der Waals surface area contributed by atoms with Crippen LogP contribution in [0.2, 0.25) is 0 Å². The minimum atomic E-state index is -0.378. The van der Waals surface area contributed by atoms with Crippen LogP contribution in [0.5, 0.6) is 11.6 Å². The lowest BCUT2D eigenvalue weighted by Gasteiger charge is -2.20. The molecule has 3 heterocycles. The van der Waals surface area contributed by atoms with Gasteiger partial charge in [-0.2, -0.15) is 0 Å². The zero-order valence-electron chi connectivity index (χ0n) is 16.3. The Morgan fingerprint density at radius 2 is 1.76 bits per heavy atom. The van der Waals surface area contributed by atoms with Crippen LogP contribution >= 0.6 is 0 Å². The van der Waals surface area contributed by atoms with E-state index in [0.717, 1.165) is 5.82 Å². The first-order valence-corrected chi connectivity index (χ1v) is 9.35. The van der Waals surface area contributed by atoms with E-state index in [1.807, 2.05) is 0 Å². The van der Waals surface area contributed by atoms with E-state index >= 15 is 0 Å². The Bertz CT molecular complexity index is 830. The van der Waals surface area contributed by atoms with E-state index < -0.39 is 0 Å². The highest BCUT2D eigenvalue weighted by molar-refractivity contribution is 5.89. The van der Waals surface area contributed by atoms with Crippen molar-refractivity contribution in [3.8, 4) is 11.6 Å². The summed E-state index contributed by atoms with van der Waals surface area (Å²) in [5.74, 6) is 1.58. The minimum absolute atomic E-state index is 0.0636. The van der Waals surface area contributed by atoms with Crippen molar-refractivity contribution < 1.29 is 28.5 Å². The summed E-state index contributed by atoms with van der Waals surface area (Å²) in [4.78, 5) is 22.0. The predicted molar refractivity (Wildman–Crippen MR) is 102 cm³/mol. The number of nitrogens with zero attached hydrogens (tertiary/aromatic N) is 3. The molecule has 154 valence electrons. The van der Waals surface area contributed by atoms with E-state index in [1.54, 1.807) is 37.4 Å². The summed E-state index contributed by atoms with van der Waals surface area (Å²) in [6.07, 6.45) is 1.13. The van der Waals surface area contributed by atoms with Crippen LogP contribution in [0.3, 0.4) is 0 Å². The summed E-state index contributed by atoms with van der Waals surface area (Å²) in [6.45, 7) is 2.18. The van der Waals surface area contributed by atoms with Crippen LogP contribution in [-0.2, 0) is 14.2 Å². The van der Waals surface area contributed by atoms with Gasteiger partial charge in [-0.1, -0.05) is 0 Å². The molecule has 9 heteroatoms. The maximum Gasteiger partial charge on any atom is 0.337 e. The topological polar surface area (TPSA) is 92.2 Å². The molecular weight excluding hydrogens is 378 g/mol. The third-order valence-corrected chi connectivity index (χ3v) is 4.95. The minimum Gasteiger partial charge on any atom is -0.486 e. The molecule has 29 heavy (non-hydrogen) atoms. The van der Waals surface area contributed by atoms with Crippen molar-refractivity contribution in [2.24, 2.45) is 0 Å². The van der Waals surface area contributed by atoms with Crippen LogP contribution in [-0.4, -0.2) is 74.8 Å². The Labute approximate surface area is 168 Å². The molecule has 2 aliphatic rings. The molecule has 2 saturated heterocycles. The first kappa shape index (κ1) is 19.4. The number of ether oxygens (including phenoxy) is 5. The Kier molecular flexibility index (Phi) is 5.77. The van der Waals surface area contributed by atoms with E-state index in [-0.39, 0.29) is 24.3 Å². The van der Waals surface area contributed by atoms with Crippen LogP contribution in [0.1, 0.15) is 10.4 Å². The highest BCUT2D eigenvalue weighted by Crippen LogP contribution is 2.26. The average Bonchev–Trinajstić information content (AvgIpc) is 3.09. The van der Waals surface area contributed by atoms with Crippen LogP contribution in [0.4, 0.5) is 5.82 Å². The normalized spacial score (nSPS) is 21.9. The number of aromatic nitrogens is 2. The predicted octanol–water partition coefficient (Wildman–Crippen LogP) is 1.32. The van der Waals surface area contributed by atoms with Crippen molar-refractivity contribution in [2.75, 3.05) is 45.4 Å². The van der Waals surface area contributed by atoms with E-state index in [0.29, 0.717) is 43.5 Å². The second-order valence-electron chi connectivity index (χ2n) is 6.82. The van der Waals surface area contributed by atoms with Gasteiger partial charge >= 0.3 is 5.97 Å². The van der Waals surface area contributed by atoms with Gasteiger partial charge in [-0.15, -0.1) is 0 Å². The molecule has 4 rings (SSSR count). The van der Waals surface area contributed by atoms with Crippen molar-refractivity contribution in [3.05, 3.63) is 42.2 Å². The molecule has 0 aliphatic carbocycles. The van der Waals surface area contributed by atoms with E-state index in [9.17, 15) is 4.79 Å². The summed E-state index contributed by atoms with van der Waals surface area (Å²) in [7, 11) is 2.93. The lowest BCUT2D eigenvalue weighted by molar-refractivity contribution is -0.00461. The average molecular weight is 401 g/mol. The second kappa shape index (κ2) is 8.62. The number of anilines is 1. The highest BCUT2D eigenvalue weighted by atomic mass is 16.6. The molecule has 0 spiro atoms. The third-order valence-electron chi connectivity index (χ3n) is 4.95. The van der Waals surface area contributed by atoms with Gasteiger partial charge in [-0.3, -0.25) is 0 Å². The number of benzene rings is 1. The quantitative estimate of drug-likeness (QED) is 0.688. The summed E-state index contributed by atoms with van der Waals surface area (Å²) in [5.41, 5.74) is 0.476. The largest absolute Gasteiger partial charge is 0.486 e. The number of rotatable bonds is 5. The van der Waals surface area contributed by atoms with Gasteiger partial charge in [0.05, 0.1) is 33.0 Å². The molecular formula is C20H23N3O6. The maximum atomic E-state index is 11.5. The third kappa shape index (κ3) is 4.41. The number of carbonyl (C=O) groups is 1. The first-order chi connectivity index (χ1) is 14.2. The number of hydrogen-bond acceptors (Lipinski definition) is 9. The fraction of sp³-hybridized carbons (Fsp3) is 0.450. The summed E-state index contributed by atoms with van der Waals surface area (Å²) >= 11 is 0. The van der Waals surface area contributed by atoms with Gasteiger partial charge in [0, 0.05) is 19.2 Å². The van der Waals surface area contributed by atoms with Crippen LogP contribution in [0, 0.1) is 0 Å². The van der Waals surface area contributed by atoms with Crippen molar-refractivity contribution >= 4 is 11.8 Å². The summed E-state index contributed by atoms with van der Waals surface area (Å²) in [6, 6.07) is 8.61. The number of methoxy groups -OCH3 is 2. The molecule has 2 aromatic rings. The first-order valence-electron chi connectivity index (χ1n) is 9.35. The second-order valence-corrected chi connectivity index (χ2v) is 6.82. The van der Waals surface area contributed by atoms with E-state index in [1.165, 1.54) is 13.4 Å². The number of fused-ring (bicyclic) bond motifs is 1.